The highest BCUT2D eigenvalue weighted by Crippen LogP contribution is 2.13. The Bertz CT molecular complexity index is 135. The van der Waals surface area contributed by atoms with Gasteiger partial charge in [0.05, 0.1) is 12.3 Å². The van der Waals surface area contributed by atoms with E-state index in [0.717, 1.165) is 25.9 Å². The third-order valence-electron chi connectivity index (χ3n) is 2.79. The van der Waals surface area contributed by atoms with E-state index in [1.165, 1.54) is 19.3 Å². The van der Waals surface area contributed by atoms with Crippen LogP contribution >= 0.6 is 0 Å². The van der Waals surface area contributed by atoms with Crippen molar-refractivity contribution in [3.05, 3.63) is 0 Å². The van der Waals surface area contributed by atoms with Gasteiger partial charge in [-0.15, -0.1) is 0 Å². The highest BCUT2D eigenvalue weighted by atomic mass is 16.3. The fourth-order valence-corrected chi connectivity index (χ4v) is 1.93. The van der Waals surface area contributed by atoms with Gasteiger partial charge in [-0.1, -0.05) is 19.8 Å². The van der Waals surface area contributed by atoms with Crippen molar-refractivity contribution < 1.29 is 5.11 Å². The maximum atomic E-state index is 9.70. The SMILES string of the molecule is CCCC(O)C(N)N1CCCCC1. The van der Waals surface area contributed by atoms with Gasteiger partial charge in [-0.25, -0.2) is 0 Å². The predicted octanol–water partition coefficient (Wildman–Crippen LogP) is 0.918. The summed E-state index contributed by atoms with van der Waals surface area (Å²) in [6.45, 7) is 4.19. The quantitative estimate of drug-likeness (QED) is 0.686. The first-order valence-electron chi connectivity index (χ1n) is 5.43. The van der Waals surface area contributed by atoms with Crippen LogP contribution < -0.4 is 5.73 Å². The molecule has 3 N–H and O–H groups in total. The van der Waals surface area contributed by atoms with Crippen LogP contribution in [0.4, 0.5) is 0 Å². The van der Waals surface area contributed by atoms with E-state index in [0.29, 0.717) is 0 Å². The highest BCUT2D eigenvalue weighted by Gasteiger charge is 2.22. The van der Waals surface area contributed by atoms with Gasteiger partial charge in [0, 0.05) is 0 Å². The van der Waals surface area contributed by atoms with Gasteiger partial charge in [0.1, 0.15) is 0 Å². The topological polar surface area (TPSA) is 49.5 Å². The van der Waals surface area contributed by atoms with Crippen molar-refractivity contribution in [2.75, 3.05) is 13.1 Å². The minimum absolute atomic E-state index is 0.139. The smallest absolute Gasteiger partial charge is 0.0839 e. The summed E-state index contributed by atoms with van der Waals surface area (Å²) in [5.74, 6) is 0. The number of likely N-dealkylation sites (tertiary alicyclic amines) is 1. The van der Waals surface area contributed by atoms with Gasteiger partial charge in [-0.05, 0) is 32.4 Å². The van der Waals surface area contributed by atoms with Gasteiger partial charge in [0.25, 0.3) is 0 Å². The summed E-state index contributed by atoms with van der Waals surface area (Å²) in [5.41, 5.74) is 5.95. The lowest BCUT2D eigenvalue weighted by Crippen LogP contribution is -2.51. The van der Waals surface area contributed by atoms with Crippen molar-refractivity contribution in [2.24, 2.45) is 5.73 Å². The van der Waals surface area contributed by atoms with Crippen LogP contribution in [0.1, 0.15) is 39.0 Å². The molecule has 0 bridgehead atoms. The maximum Gasteiger partial charge on any atom is 0.0839 e. The van der Waals surface area contributed by atoms with E-state index >= 15 is 0 Å². The van der Waals surface area contributed by atoms with Gasteiger partial charge < -0.3 is 10.8 Å². The van der Waals surface area contributed by atoms with Gasteiger partial charge in [0.15, 0.2) is 0 Å². The molecule has 13 heavy (non-hydrogen) atoms. The van der Waals surface area contributed by atoms with Crippen LogP contribution in [0.25, 0.3) is 0 Å². The van der Waals surface area contributed by atoms with E-state index in [-0.39, 0.29) is 12.3 Å². The molecule has 2 unspecified atom stereocenters. The van der Waals surface area contributed by atoms with Gasteiger partial charge in [-0.3, -0.25) is 4.90 Å². The summed E-state index contributed by atoms with van der Waals surface area (Å²) >= 11 is 0. The fraction of sp³-hybridized carbons (Fsp3) is 1.00. The summed E-state index contributed by atoms with van der Waals surface area (Å²) in [6, 6.07) is 0. The second-order valence-electron chi connectivity index (χ2n) is 3.94. The van der Waals surface area contributed by atoms with E-state index in [9.17, 15) is 5.11 Å². The molecular weight excluding hydrogens is 164 g/mol. The monoisotopic (exact) mass is 186 g/mol. The molecule has 3 heteroatoms. The van der Waals surface area contributed by atoms with Gasteiger partial charge in [-0.2, -0.15) is 0 Å². The number of hydrogen-bond acceptors (Lipinski definition) is 3. The predicted molar refractivity (Wildman–Crippen MR) is 54.3 cm³/mol. The first-order valence-corrected chi connectivity index (χ1v) is 5.43. The lowest BCUT2D eigenvalue weighted by atomic mass is 10.1. The molecule has 3 nitrogen and oxygen atoms in total. The Morgan fingerprint density at radius 1 is 1.31 bits per heavy atom. The first kappa shape index (κ1) is 11.0. The fourth-order valence-electron chi connectivity index (χ4n) is 1.93. The molecule has 0 aromatic rings. The van der Waals surface area contributed by atoms with E-state index in [2.05, 4.69) is 11.8 Å². The number of hydrogen-bond donors (Lipinski definition) is 2. The van der Waals surface area contributed by atoms with Crippen LogP contribution in [0.3, 0.4) is 0 Å². The van der Waals surface area contributed by atoms with Gasteiger partial charge >= 0.3 is 0 Å². The van der Waals surface area contributed by atoms with Crippen LogP contribution in [-0.2, 0) is 0 Å². The molecular formula is C10H22N2O. The summed E-state index contributed by atoms with van der Waals surface area (Å²) in [7, 11) is 0. The van der Waals surface area contributed by atoms with Crippen molar-refractivity contribution in [3.8, 4) is 0 Å². The van der Waals surface area contributed by atoms with Gasteiger partial charge in [0.2, 0.25) is 0 Å². The van der Waals surface area contributed by atoms with E-state index in [1.807, 2.05) is 0 Å². The molecule has 1 saturated heterocycles. The molecule has 2 atom stereocenters. The zero-order chi connectivity index (χ0) is 9.68. The van der Waals surface area contributed by atoms with Crippen LogP contribution in [0.5, 0.6) is 0 Å². The molecule has 1 fully saturated rings. The van der Waals surface area contributed by atoms with Crippen molar-refractivity contribution in [1.82, 2.24) is 4.90 Å². The minimum atomic E-state index is -0.344. The molecule has 1 rings (SSSR count). The Balaban J connectivity index is 2.31. The number of rotatable bonds is 4. The van der Waals surface area contributed by atoms with Crippen molar-refractivity contribution >= 4 is 0 Å². The molecule has 0 spiro atoms. The standard InChI is InChI=1S/C10H22N2O/c1-2-6-9(13)10(11)12-7-4-3-5-8-12/h9-10,13H,2-8,11H2,1H3. The lowest BCUT2D eigenvalue weighted by Gasteiger charge is -2.34. The second kappa shape index (κ2) is 5.58. The summed E-state index contributed by atoms with van der Waals surface area (Å²) in [4.78, 5) is 2.21. The average Bonchev–Trinajstić information content (AvgIpc) is 2.18. The van der Waals surface area contributed by atoms with Crippen LogP contribution in [0, 0.1) is 0 Å². The minimum Gasteiger partial charge on any atom is -0.390 e. The molecule has 0 saturated carbocycles. The Labute approximate surface area is 80.9 Å². The van der Waals surface area contributed by atoms with E-state index in [1.54, 1.807) is 0 Å². The molecule has 0 aromatic carbocycles. The Hall–Kier alpha value is -0.120. The number of nitrogens with two attached hydrogens (primary N) is 1. The molecule has 1 aliphatic heterocycles. The summed E-state index contributed by atoms with van der Waals surface area (Å²) in [6.07, 6.45) is 5.11. The molecule has 0 amide bonds. The van der Waals surface area contributed by atoms with Crippen LogP contribution in [0.15, 0.2) is 0 Å². The maximum absolute atomic E-state index is 9.70. The Morgan fingerprint density at radius 2 is 1.92 bits per heavy atom. The van der Waals surface area contributed by atoms with Crippen molar-refractivity contribution in [3.63, 3.8) is 0 Å². The third-order valence-corrected chi connectivity index (χ3v) is 2.79. The number of aliphatic hydroxyl groups excluding tert-OH is 1. The average molecular weight is 186 g/mol. The van der Waals surface area contributed by atoms with Crippen molar-refractivity contribution in [1.29, 1.82) is 0 Å². The number of nitrogens with zero attached hydrogens (tertiary/aromatic N) is 1. The van der Waals surface area contributed by atoms with E-state index in [4.69, 9.17) is 5.73 Å². The molecule has 1 heterocycles. The Morgan fingerprint density at radius 3 is 2.46 bits per heavy atom. The number of piperidine rings is 1. The van der Waals surface area contributed by atoms with E-state index < -0.39 is 0 Å². The zero-order valence-electron chi connectivity index (χ0n) is 8.58. The third kappa shape index (κ3) is 3.25. The largest absolute Gasteiger partial charge is 0.390 e. The van der Waals surface area contributed by atoms with Crippen LogP contribution in [-0.4, -0.2) is 35.4 Å². The molecule has 1 aliphatic rings. The highest BCUT2D eigenvalue weighted by molar-refractivity contribution is 4.76. The summed E-state index contributed by atoms with van der Waals surface area (Å²) < 4.78 is 0. The zero-order valence-corrected chi connectivity index (χ0v) is 8.58. The van der Waals surface area contributed by atoms with Crippen molar-refractivity contribution in [2.45, 2.75) is 51.3 Å². The summed E-state index contributed by atoms with van der Waals surface area (Å²) in [5, 5.41) is 9.70. The lowest BCUT2D eigenvalue weighted by molar-refractivity contribution is 0.0360. The molecule has 0 aromatic heterocycles. The number of aliphatic hydroxyl groups is 1. The van der Waals surface area contributed by atoms with Crippen LogP contribution in [0.2, 0.25) is 0 Å². The molecule has 0 aliphatic carbocycles. The first-order chi connectivity index (χ1) is 6.25. The second-order valence-corrected chi connectivity index (χ2v) is 3.94. The normalized spacial score (nSPS) is 24.2. The Kier molecular flexibility index (Phi) is 4.70. The molecule has 78 valence electrons. The molecule has 0 radical (unpaired) electrons.